The van der Waals surface area contributed by atoms with E-state index in [9.17, 15) is 14.9 Å². The molecule has 0 atom stereocenters. The van der Waals surface area contributed by atoms with Crippen LogP contribution in [-0.4, -0.2) is 34.8 Å². The maximum Gasteiger partial charge on any atom is 0.274 e. The molecule has 0 bridgehead atoms. The van der Waals surface area contributed by atoms with Gasteiger partial charge in [0.25, 0.3) is 12.1 Å². The van der Waals surface area contributed by atoms with Crippen LogP contribution in [0.5, 0.6) is 0 Å². The summed E-state index contributed by atoms with van der Waals surface area (Å²) in [4.78, 5) is 29.9. The van der Waals surface area contributed by atoms with Crippen LogP contribution in [0.4, 0.5) is 17.1 Å². The number of aromatic nitrogens is 1. The zero-order valence-corrected chi connectivity index (χ0v) is 20.0. The Labute approximate surface area is 206 Å². The van der Waals surface area contributed by atoms with Crippen LogP contribution in [-0.2, 0) is 6.54 Å². The number of hydrogen-bond acceptors (Lipinski definition) is 8. The summed E-state index contributed by atoms with van der Waals surface area (Å²) in [5.74, 6) is 0.0692. The smallest absolute Gasteiger partial charge is 0.274 e. The van der Waals surface area contributed by atoms with E-state index in [2.05, 4.69) is 20.9 Å². The zero-order valence-electron chi connectivity index (χ0n) is 19.2. The molecule has 2 heterocycles. The maximum absolute atomic E-state index is 13.0. The lowest BCUT2D eigenvalue weighted by atomic mass is 10.1. The van der Waals surface area contributed by atoms with E-state index in [0.29, 0.717) is 28.6 Å². The van der Waals surface area contributed by atoms with Gasteiger partial charge < -0.3 is 20.9 Å². The molecule has 10 heteroatoms. The van der Waals surface area contributed by atoms with Gasteiger partial charge in [-0.25, -0.2) is 0 Å². The van der Waals surface area contributed by atoms with Gasteiger partial charge in [-0.05, 0) is 47.3 Å². The minimum absolute atomic E-state index is 0.243. The van der Waals surface area contributed by atoms with Gasteiger partial charge in [-0.15, -0.1) is 11.3 Å². The van der Waals surface area contributed by atoms with Crippen LogP contribution in [0.2, 0.25) is 0 Å². The summed E-state index contributed by atoms with van der Waals surface area (Å²) < 4.78 is 0. The molecule has 35 heavy (non-hydrogen) atoms. The Morgan fingerprint density at radius 1 is 1.09 bits per heavy atom. The van der Waals surface area contributed by atoms with Crippen molar-refractivity contribution < 1.29 is 9.72 Å². The molecule has 0 spiro atoms. The fraction of sp³-hybridized carbons (Fsp3) is 0.120. The maximum atomic E-state index is 13.0. The third kappa shape index (κ3) is 5.92. The summed E-state index contributed by atoms with van der Waals surface area (Å²) in [6, 6.07) is 18.8. The minimum atomic E-state index is -0.520. The molecule has 0 aliphatic rings. The van der Waals surface area contributed by atoms with E-state index < -0.39 is 4.92 Å². The highest BCUT2D eigenvalue weighted by Gasteiger charge is 2.15. The summed E-state index contributed by atoms with van der Waals surface area (Å²) in [7, 11) is 3.40. The van der Waals surface area contributed by atoms with Crippen LogP contribution in [0.25, 0.3) is 10.9 Å². The van der Waals surface area contributed by atoms with Crippen molar-refractivity contribution in [3.8, 4) is 0 Å². The Kier molecular flexibility index (Phi) is 7.22. The van der Waals surface area contributed by atoms with Gasteiger partial charge in [0.1, 0.15) is 4.88 Å². The molecule has 0 saturated carbocycles. The Bertz CT molecular complexity index is 1390. The van der Waals surface area contributed by atoms with Crippen LogP contribution >= 0.6 is 11.3 Å². The number of benzene rings is 2. The first-order valence-electron chi connectivity index (χ1n) is 10.8. The molecule has 0 fully saturated rings. The van der Waals surface area contributed by atoms with Gasteiger partial charge in [-0.1, -0.05) is 24.3 Å². The number of nitrogens with one attached hydrogen (secondary N) is 3. The van der Waals surface area contributed by atoms with Crippen LogP contribution in [0.3, 0.4) is 0 Å². The van der Waals surface area contributed by atoms with E-state index in [1.165, 1.54) is 11.3 Å². The highest BCUT2D eigenvalue weighted by Crippen LogP contribution is 2.26. The van der Waals surface area contributed by atoms with Crippen LogP contribution in [0, 0.1) is 10.1 Å². The second-order valence-corrected chi connectivity index (χ2v) is 8.77. The lowest BCUT2D eigenvalue weighted by Crippen LogP contribution is -2.19. The number of nitrogens with zero attached hydrogens (tertiary/aromatic N) is 3. The molecule has 0 radical (unpaired) electrons. The standard InChI is InChI=1S/C25H24N6O3S/c1-30(2)23(16-31(33)34)28-18-6-5-7-19(14-18)29-25(32)24-22(11-13-35-24)27-15-17-10-12-26-21-9-4-3-8-20(17)21/h3-14,16,27-28H,15H2,1-2H3,(H,29,32). The number of anilines is 3. The molecule has 0 saturated heterocycles. The fourth-order valence-electron chi connectivity index (χ4n) is 3.49. The molecule has 2 aromatic carbocycles. The van der Waals surface area contributed by atoms with Crippen molar-refractivity contribution in [2.75, 3.05) is 30.0 Å². The average Bonchev–Trinajstić information content (AvgIpc) is 3.31. The first kappa shape index (κ1) is 23.7. The molecule has 0 unspecified atom stereocenters. The number of para-hydroxylation sites is 1. The molecule has 2 aromatic heterocycles. The molecule has 4 aromatic rings. The van der Waals surface area contributed by atoms with Gasteiger partial charge in [-0.3, -0.25) is 19.9 Å². The summed E-state index contributed by atoms with van der Waals surface area (Å²) in [5, 5.41) is 23.1. The van der Waals surface area contributed by atoms with Crippen molar-refractivity contribution in [1.29, 1.82) is 0 Å². The van der Waals surface area contributed by atoms with E-state index in [1.54, 1.807) is 49.5 Å². The van der Waals surface area contributed by atoms with Crippen molar-refractivity contribution in [3.05, 3.63) is 105 Å². The number of nitro groups is 1. The summed E-state index contributed by atoms with van der Waals surface area (Å²) in [6.07, 6.45) is 2.67. The third-order valence-electron chi connectivity index (χ3n) is 5.18. The third-order valence-corrected chi connectivity index (χ3v) is 6.10. The van der Waals surface area contributed by atoms with Crippen molar-refractivity contribution >= 4 is 45.2 Å². The summed E-state index contributed by atoms with van der Waals surface area (Å²) in [6.45, 7) is 0.551. The average molecular weight is 489 g/mol. The number of fused-ring (bicyclic) bond motifs is 1. The SMILES string of the molecule is CN(C)C(=C[N+](=O)[O-])Nc1cccc(NC(=O)c2sccc2NCc2ccnc3ccccc23)c1. The number of carbonyl (C=O) groups is 1. The number of hydrogen-bond donors (Lipinski definition) is 3. The Morgan fingerprint density at radius 3 is 2.63 bits per heavy atom. The van der Waals surface area contributed by atoms with E-state index in [4.69, 9.17) is 0 Å². The molecular weight excluding hydrogens is 464 g/mol. The van der Waals surface area contributed by atoms with Crippen molar-refractivity contribution in [2.24, 2.45) is 0 Å². The quantitative estimate of drug-likeness (QED) is 0.219. The molecule has 4 rings (SSSR count). The number of amides is 1. The minimum Gasteiger partial charge on any atom is -0.380 e. The molecule has 9 nitrogen and oxygen atoms in total. The Hall–Kier alpha value is -4.44. The predicted octanol–water partition coefficient (Wildman–Crippen LogP) is 5.21. The molecule has 0 aliphatic carbocycles. The summed E-state index contributed by atoms with van der Waals surface area (Å²) in [5.41, 5.74) is 3.93. The normalized spacial score (nSPS) is 11.2. The fourth-order valence-corrected chi connectivity index (χ4v) is 4.26. The first-order chi connectivity index (χ1) is 16.9. The predicted molar refractivity (Wildman–Crippen MR) is 140 cm³/mol. The van der Waals surface area contributed by atoms with Crippen molar-refractivity contribution in [3.63, 3.8) is 0 Å². The van der Waals surface area contributed by atoms with Gasteiger partial charge >= 0.3 is 0 Å². The van der Waals surface area contributed by atoms with Gasteiger partial charge in [0.2, 0.25) is 0 Å². The number of carbonyl (C=O) groups excluding carboxylic acids is 1. The van der Waals surface area contributed by atoms with Gasteiger partial charge in [-0.2, -0.15) is 0 Å². The molecule has 0 aliphatic heterocycles. The lowest BCUT2D eigenvalue weighted by molar-refractivity contribution is -0.404. The number of pyridine rings is 1. The van der Waals surface area contributed by atoms with E-state index >= 15 is 0 Å². The van der Waals surface area contributed by atoms with Gasteiger partial charge in [0, 0.05) is 43.6 Å². The van der Waals surface area contributed by atoms with Crippen LogP contribution < -0.4 is 16.0 Å². The summed E-state index contributed by atoms with van der Waals surface area (Å²) >= 11 is 1.35. The van der Waals surface area contributed by atoms with Crippen LogP contribution in [0.15, 0.2) is 84.3 Å². The van der Waals surface area contributed by atoms with E-state index in [1.807, 2.05) is 41.8 Å². The van der Waals surface area contributed by atoms with Gasteiger partial charge in [0.05, 0.1) is 16.1 Å². The largest absolute Gasteiger partial charge is 0.380 e. The number of rotatable bonds is 9. The van der Waals surface area contributed by atoms with Crippen LogP contribution in [0.1, 0.15) is 15.2 Å². The molecule has 178 valence electrons. The van der Waals surface area contributed by atoms with E-state index in [0.717, 1.165) is 28.4 Å². The molecular formula is C25H24N6O3S. The Balaban J connectivity index is 1.46. The monoisotopic (exact) mass is 488 g/mol. The second kappa shape index (κ2) is 10.7. The van der Waals surface area contributed by atoms with Crippen molar-refractivity contribution in [1.82, 2.24) is 9.88 Å². The van der Waals surface area contributed by atoms with Crippen molar-refractivity contribution in [2.45, 2.75) is 6.54 Å². The molecule has 1 amide bonds. The molecule has 3 N–H and O–H groups in total. The first-order valence-corrected chi connectivity index (χ1v) is 11.6. The van der Waals surface area contributed by atoms with Gasteiger partial charge in [0.15, 0.2) is 5.82 Å². The topological polar surface area (TPSA) is 112 Å². The highest BCUT2D eigenvalue weighted by molar-refractivity contribution is 7.12. The lowest BCUT2D eigenvalue weighted by Gasteiger charge is -2.17. The van der Waals surface area contributed by atoms with E-state index in [-0.39, 0.29) is 5.91 Å². The zero-order chi connectivity index (χ0) is 24.8. The second-order valence-electron chi connectivity index (χ2n) is 7.86. The number of thiophene rings is 1. The highest BCUT2D eigenvalue weighted by atomic mass is 32.1. The Morgan fingerprint density at radius 2 is 1.86 bits per heavy atom.